The first-order chi connectivity index (χ1) is 10.1. The number of carboxylic acids is 1. The van der Waals surface area contributed by atoms with Gasteiger partial charge in [0.25, 0.3) is 5.91 Å². The molecule has 1 N–H and O–H groups in total. The third kappa shape index (κ3) is 4.09. The SMILES string of the molecule is CCCN(CC1CCCCC1)C(=O)c1ccc(C(=O)O)o1. The van der Waals surface area contributed by atoms with E-state index in [-0.39, 0.29) is 17.4 Å². The summed E-state index contributed by atoms with van der Waals surface area (Å²) < 4.78 is 5.13. The number of nitrogens with zero attached hydrogens (tertiary/aromatic N) is 1. The topological polar surface area (TPSA) is 70.8 Å². The number of carboxylic acid groups (broad SMARTS) is 1. The van der Waals surface area contributed by atoms with Crippen molar-refractivity contribution >= 4 is 11.9 Å². The van der Waals surface area contributed by atoms with Crippen LogP contribution < -0.4 is 0 Å². The Morgan fingerprint density at radius 1 is 1.24 bits per heavy atom. The Kier molecular flexibility index (Phi) is 5.42. The van der Waals surface area contributed by atoms with Crippen LogP contribution in [0.3, 0.4) is 0 Å². The van der Waals surface area contributed by atoms with Crippen LogP contribution in [0.1, 0.15) is 66.6 Å². The molecule has 1 aromatic rings. The van der Waals surface area contributed by atoms with E-state index in [2.05, 4.69) is 0 Å². The van der Waals surface area contributed by atoms with Crippen LogP contribution in [0.15, 0.2) is 16.5 Å². The van der Waals surface area contributed by atoms with Gasteiger partial charge >= 0.3 is 5.97 Å². The molecule has 1 amide bonds. The number of carbonyl (C=O) groups excluding carboxylic acids is 1. The Morgan fingerprint density at radius 2 is 1.90 bits per heavy atom. The fourth-order valence-electron chi connectivity index (χ4n) is 2.95. The molecule has 0 saturated heterocycles. The van der Waals surface area contributed by atoms with Crippen molar-refractivity contribution in [3.8, 4) is 0 Å². The monoisotopic (exact) mass is 293 g/mol. The highest BCUT2D eigenvalue weighted by Crippen LogP contribution is 2.25. The zero-order valence-corrected chi connectivity index (χ0v) is 12.5. The van der Waals surface area contributed by atoms with Gasteiger partial charge in [-0.25, -0.2) is 4.79 Å². The maximum Gasteiger partial charge on any atom is 0.371 e. The summed E-state index contributed by atoms with van der Waals surface area (Å²) in [5, 5.41) is 8.86. The van der Waals surface area contributed by atoms with E-state index in [0.29, 0.717) is 12.5 Å². The number of rotatable bonds is 6. The Bertz CT molecular complexity index is 488. The zero-order chi connectivity index (χ0) is 15.2. The molecule has 0 unspecified atom stereocenters. The predicted molar refractivity (Wildman–Crippen MR) is 78.4 cm³/mol. The second kappa shape index (κ2) is 7.29. The molecule has 5 nitrogen and oxygen atoms in total. The zero-order valence-electron chi connectivity index (χ0n) is 12.5. The van der Waals surface area contributed by atoms with E-state index < -0.39 is 5.97 Å². The van der Waals surface area contributed by atoms with Gasteiger partial charge in [-0.1, -0.05) is 26.2 Å². The highest BCUT2D eigenvalue weighted by Gasteiger charge is 2.24. The quantitative estimate of drug-likeness (QED) is 0.872. The number of hydrogen-bond acceptors (Lipinski definition) is 3. The van der Waals surface area contributed by atoms with Gasteiger partial charge < -0.3 is 14.4 Å². The minimum Gasteiger partial charge on any atom is -0.475 e. The van der Waals surface area contributed by atoms with Crippen LogP contribution >= 0.6 is 0 Å². The van der Waals surface area contributed by atoms with E-state index in [1.165, 1.54) is 44.2 Å². The average Bonchev–Trinajstić information content (AvgIpc) is 2.97. The summed E-state index contributed by atoms with van der Waals surface area (Å²) in [5.41, 5.74) is 0. The van der Waals surface area contributed by atoms with Gasteiger partial charge in [0.2, 0.25) is 5.76 Å². The molecule has 1 aromatic heterocycles. The molecule has 5 heteroatoms. The van der Waals surface area contributed by atoms with Crippen LogP contribution in [0.5, 0.6) is 0 Å². The lowest BCUT2D eigenvalue weighted by molar-refractivity contribution is 0.0639. The smallest absolute Gasteiger partial charge is 0.371 e. The highest BCUT2D eigenvalue weighted by molar-refractivity contribution is 5.93. The lowest BCUT2D eigenvalue weighted by Gasteiger charge is -2.29. The van der Waals surface area contributed by atoms with E-state index in [4.69, 9.17) is 9.52 Å². The van der Waals surface area contributed by atoms with E-state index in [0.717, 1.165) is 13.0 Å². The largest absolute Gasteiger partial charge is 0.475 e. The molecular weight excluding hydrogens is 270 g/mol. The van der Waals surface area contributed by atoms with Gasteiger partial charge in [0.15, 0.2) is 5.76 Å². The summed E-state index contributed by atoms with van der Waals surface area (Å²) in [4.78, 5) is 25.1. The second-order valence-corrected chi connectivity index (χ2v) is 5.72. The maximum atomic E-state index is 12.5. The van der Waals surface area contributed by atoms with E-state index in [1.807, 2.05) is 6.92 Å². The number of furan rings is 1. The fourth-order valence-corrected chi connectivity index (χ4v) is 2.95. The van der Waals surface area contributed by atoms with Gasteiger partial charge in [-0.3, -0.25) is 4.79 Å². The van der Waals surface area contributed by atoms with Crippen molar-refractivity contribution in [3.63, 3.8) is 0 Å². The molecule has 1 saturated carbocycles. The lowest BCUT2D eigenvalue weighted by Crippen LogP contribution is -2.36. The van der Waals surface area contributed by atoms with Crippen LogP contribution in [0.25, 0.3) is 0 Å². The molecule has 1 aliphatic rings. The van der Waals surface area contributed by atoms with Gasteiger partial charge in [0, 0.05) is 13.1 Å². The Balaban J connectivity index is 2.04. The van der Waals surface area contributed by atoms with Crippen LogP contribution in [-0.2, 0) is 0 Å². The molecule has 0 spiro atoms. The van der Waals surface area contributed by atoms with Crippen molar-refractivity contribution in [2.75, 3.05) is 13.1 Å². The Morgan fingerprint density at radius 3 is 2.48 bits per heavy atom. The molecule has 0 aromatic carbocycles. The van der Waals surface area contributed by atoms with Crippen molar-refractivity contribution in [2.24, 2.45) is 5.92 Å². The average molecular weight is 293 g/mol. The number of aromatic carboxylic acids is 1. The summed E-state index contributed by atoms with van der Waals surface area (Å²) in [6.45, 7) is 3.46. The molecule has 0 bridgehead atoms. The summed E-state index contributed by atoms with van der Waals surface area (Å²) in [6.07, 6.45) is 6.99. The standard InChI is InChI=1S/C16H23NO4/c1-2-10-17(11-12-6-4-3-5-7-12)15(18)13-8-9-14(21-13)16(19)20/h8-9,12H,2-7,10-11H2,1H3,(H,19,20). The van der Waals surface area contributed by atoms with Crippen molar-refractivity contribution in [3.05, 3.63) is 23.7 Å². The van der Waals surface area contributed by atoms with E-state index in [9.17, 15) is 9.59 Å². The maximum absolute atomic E-state index is 12.5. The molecule has 1 heterocycles. The number of hydrogen-bond donors (Lipinski definition) is 1. The highest BCUT2D eigenvalue weighted by atomic mass is 16.4. The van der Waals surface area contributed by atoms with Gasteiger partial charge in [-0.2, -0.15) is 0 Å². The molecule has 0 atom stereocenters. The first-order valence-electron chi connectivity index (χ1n) is 7.74. The Hall–Kier alpha value is -1.78. The third-order valence-electron chi connectivity index (χ3n) is 4.01. The molecule has 2 rings (SSSR count). The normalized spacial score (nSPS) is 15.9. The molecule has 1 fully saturated rings. The van der Waals surface area contributed by atoms with E-state index in [1.54, 1.807) is 4.90 Å². The molecular formula is C16H23NO4. The summed E-state index contributed by atoms with van der Waals surface area (Å²) in [7, 11) is 0. The first-order valence-corrected chi connectivity index (χ1v) is 7.74. The minimum atomic E-state index is -1.15. The van der Waals surface area contributed by atoms with Crippen molar-refractivity contribution in [2.45, 2.75) is 45.4 Å². The van der Waals surface area contributed by atoms with Gasteiger partial charge in [-0.05, 0) is 37.3 Å². The van der Waals surface area contributed by atoms with E-state index >= 15 is 0 Å². The molecule has 0 radical (unpaired) electrons. The van der Waals surface area contributed by atoms with Crippen molar-refractivity contribution in [1.82, 2.24) is 4.90 Å². The predicted octanol–water partition coefficient (Wildman–Crippen LogP) is 3.41. The molecule has 1 aliphatic carbocycles. The second-order valence-electron chi connectivity index (χ2n) is 5.72. The summed E-state index contributed by atoms with van der Waals surface area (Å²) in [6, 6.07) is 2.79. The molecule has 0 aliphatic heterocycles. The van der Waals surface area contributed by atoms with Gasteiger partial charge in [0.05, 0.1) is 0 Å². The summed E-state index contributed by atoms with van der Waals surface area (Å²) >= 11 is 0. The number of carbonyl (C=O) groups is 2. The fraction of sp³-hybridized carbons (Fsp3) is 0.625. The van der Waals surface area contributed by atoms with Gasteiger partial charge in [-0.15, -0.1) is 0 Å². The lowest BCUT2D eigenvalue weighted by atomic mass is 9.89. The van der Waals surface area contributed by atoms with Crippen molar-refractivity contribution in [1.29, 1.82) is 0 Å². The minimum absolute atomic E-state index is 0.122. The van der Waals surface area contributed by atoms with Crippen molar-refractivity contribution < 1.29 is 19.1 Å². The van der Waals surface area contributed by atoms with Crippen LogP contribution in [0.4, 0.5) is 0 Å². The first kappa shape index (κ1) is 15.6. The molecule has 21 heavy (non-hydrogen) atoms. The Labute approximate surface area is 124 Å². The number of amides is 1. The van der Waals surface area contributed by atoms with Crippen LogP contribution in [0, 0.1) is 5.92 Å². The molecule has 116 valence electrons. The third-order valence-corrected chi connectivity index (χ3v) is 4.01. The van der Waals surface area contributed by atoms with Crippen LogP contribution in [0.2, 0.25) is 0 Å². The summed E-state index contributed by atoms with van der Waals surface area (Å²) in [5.74, 6) is -0.856. The van der Waals surface area contributed by atoms with Crippen LogP contribution in [-0.4, -0.2) is 35.0 Å². The van der Waals surface area contributed by atoms with Gasteiger partial charge in [0.1, 0.15) is 0 Å².